The van der Waals surface area contributed by atoms with Gasteiger partial charge >= 0.3 is 0 Å². The number of anilines is 7. The first-order valence-electron chi connectivity index (χ1n) is 30.5. The van der Waals surface area contributed by atoms with Gasteiger partial charge in [-0.25, -0.2) is 0 Å². The van der Waals surface area contributed by atoms with E-state index in [0.29, 0.717) is 0 Å². The highest BCUT2D eigenvalue weighted by Crippen LogP contribution is 2.63. The maximum Gasteiger partial charge on any atom is 0.264 e. The summed E-state index contributed by atoms with van der Waals surface area (Å²) < 4.78 is 1.53. The molecule has 1 saturated carbocycles. The van der Waals surface area contributed by atoms with E-state index < -0.39 is 0 Å². The van der Waals surface area contributed by atoms with Gasteiger partial charge in [-0.15, -0.1) is 0 Å². The molecular formula is C74H88BN3S. The Morgan fingerprint density at radius 2 is 1.13 bits per heavy atom. The van der Waals surface area contributed by atoms with Crippen molar-refractivity contribution in [3.63, 3.8) is 0 Å². The Morgan fingerprint density at radius 1 is 0.519 bits per heavy atom. The van der Waals surface area contributed by atoms with Crippen molar-refractivity contribution in [2.45, 2.75) is 212 Å². The number of para-hydroxylation sites is 1. The first kappa shape index (κ1) is 52.8. The second-order valence-corrected chi connectivity index (χ2v) is 31.6. The lowest BCUT2D eigenvalue weighted by Crippen LogP contribution is -2.62. The molecule has 3 nitrogen and oxygen atoms in total. The zero-order chi connectivity index (χ0) is 55.8. The zero-order valence-corrected chi connectivity index (χ0v) is 51.8. The molecule has 7 aromatic rings. The largest absolute Gasteiger partial charge is 0.342 e. The lowest BCUT2D eigenvalue weighted by Gasteiger charge is -2.51. The summed E-state index contributed by atoms with van der Waals surface area (Å²) in [5.74, 6) is 0. The van der Waals surface area contributed by atoms with Crippen LogP contribution in [0.2, 0.25) is 0 Å². The van der Waals surface area contributed by atoms with E-state index in [-0.39, 0.29) is 50.2 Å². The van der Waals surface area contributed by atoms with Gasteiger partial charge in [-0.1, -0.05) is 202 Å². The number of fused-ring (bicyclic) bond motifs is 10. The Morgan fingerprint density at radius 3 is 1.82 bits per heavy atom. The molecule has 2 unspecified atom stereocenters. The smallest absolute Gasteiger partial charge is 0.264 e. The van der Waals surface area contributed by atoms with Crippen LogP contribution < -0.4 is 30.4 Å². The fraction of sp³-hybridized carbons (Fsp3) is 0.459. The SMILES string of the molecule is CC(C)(C)c1ccc(N2c3cc(N4c5ccccc5C5(C)CCCCC45C)cc4c3B(c3cc5c(cc3N4CCc3ccc(C(C)(C)C)cc3-c3ccccc3)C(C)(C)CCC5(C)C)c3sc4c(c32)C(C)(C)CCC4(C)C)cc1. The van der Waals surface area contributed by atoms with E-state index in [9.17, 15) is 0 Å². The lowest BCUT2D eigenvalue weighted by molar-refractivity contribution is 0.195. The summed E-state index contributed by atoms with van der Waals surface area (Å²) >= 11 is 2.17. The van der Waals surface area contributed by atoms with Gasteiger partial charge in [-0.2, -0.15) is 11.3 Å². The van der Waals surface area contributed by atoms with Crippen LogP contribution in [0.15, 0.2) is 121 Å². The molecule has 6 aromatic carbocycles. The minimum atomic E-state index is -0.104. The number of hydrogen-bond donors (Lipinski definition) is 0. The van der Waals surface area contributed by atoms with Crippen molar-refractivity contribution in [2.24, 2.45) is 0 Å². The van der Waals surface area contributed by atoms with Crippen LogP contribution >= 0.6 is 11.3 Å². The van der Waals surface area contributed by atoms with Crippen molar-refractivity contribution in [1.29, 1.82) is 0 Å². The third-order valence-corrected chi connectivity index (χ3v) is 23.1. The van der Waals surface area contributed by atoms with Gasteiger partial charge in [0, 0.05) is 55.7 Å². The van der Waals surface area contributed by atoms with Crippen molar-refractivity contribution >= 4 is 73.6 Å². The molecule has 1 aromatic heterocycles. The highest BCUT2D eigenvalue weighted by Gasteiger charge is 2.59. The van der Waals surface area contributed by atoms with Crippen LogP contribution in [0, 0.1) is 0 Å². The second kappa shape index (κ2) is 17.5. The molecule has 0 radical (unpaired) electrons. The molecule has 4 heterocycles. The Hall–Kier alpha value is -5.52. The van der Waals surface area contributed by atoms with E-state index in [1.165, 1.54) is 139 Å². The summed E-state index contributed by atoms with van der Waals surface area (Å²) in [6, 6.07) is 48.9. The van der Waals surface area contributed by atoms with Gasteiger partial charge < -0.3 is 14.7 Å². The highest BCUT2D eigenvalue weighted by atomic mass is 32.1. The van der Waals surface area contributed by atoms with Crippen LogP contribution in [-0.4, -0.2) is 18.8 Å². The van der Waals surface area contributed by atoms with Crippen molar-refractivity contribution in [2.75, 3.05) is 21.2 Å². The number of thiophene rings is 1. The molecule has 1 fully saturated rings. The molecule has 5 heteroatoms. The minimum absolute atomic E-state index is 0.00778. The second-order valence-electron chi connectivity index (χ2n) is 30.5. The Kier molecular flexibility index (Phi) is 11.7. The summed E-state index contributed by atoms with van der Waals surface area (Å²) in [6.45, 7) is 40.6. The molecule has 2 atom stereocenters. The first-order valence-corrected chi connectivity index (χ1v) is 31.3. The maximum absolute atomic E-state index is 2.87. The van der Waals surface area contributed by atoms with Gasteiger partial charge in [0.2, 0.25) is 0 Å². The molecular weight excluding hydrogens is 974 g/mol. The van der Waals surface area contributed by atoms with Crippen LogP contribution in [0.4, 0.5) is 39.8 Å². The van der Waals surface area contributed by atoms with Crippen molar-refractivity contribution in [1.82, 2.24) is 0 Å². The van der Waals surface area contributed by atoms with E-state index in [1.54, 1.807) is 16.0 Å². The Labute approximate surface area is 480 Å². The molecule has 79 heavy (non-hydrogen) atoms. The van der Waals surface area contributed by atoms with E-state index in [0.717, 1.165) is 19.4 Å². The van der Waals surface area contributed by atoms with Gasteiger partial charge in [0.05, 0.1) is 11.2 Å². The molecule has 0 amide bonds. The summed E-state index contributed by atoms with van der Waals surface area (Å²) in [5, 5.41) is 0. The Balaban J connectivity index is 1.14. The monoisotopic (exact) mass is 1060 g/mol. The molecule has 3 aliphatic carbocycles. The van der Waals surface area contributed by atoms with Crippen LogP contribution in [0.1, 0.15) is 206 Å². The minimum Gasteiger partial charge on any atom is -0.342 e. The van der Waals surface area contributed by atoms with Crippen LogP contribution in [0.3, 0.4) is 0 Å². The van der Waals surface area contributed by atoms with E-state index >= 15 is 0 Å². The fourth-order valence-corrected chi connectivity index (χ4v) is 17.9. The zero-order valence-electron chi connectivity index (χ0n) is 50.9. The van der Waals surface area contributed by atoms with Crippen molar-refractivity contribution in [3.8, 4) is 11.1 Å². The number of hydrogen-bond acceptors (Lipinski definition) is 4. The van der Waals surface area contributed by atoms with Gasteiger partial charge in [-0.3, -0.25) is 0 Å². The van der Waals surface area contributed by atoms with Crippen molar-refractivity contribution in [3.05, 3.63) is 165 Å². The summed E-state index contributed by atoms with van der Waals surface area (Å²) in [7, 11) is 0. The molecule has 408 valence electrons. The molecule has 0 bridgehead atoms. The number of rotatable bonds is 6. The highest BCUT2D eigenvalue weighted by molar-refractivity contribution is 7.29. The van der Waals surface area contributed by atoms with Crippen LogP contribution in [-0.2, 0) is 44.3 Å². The molecule has 0 saturated heterocycles. The van der Waals surface area contributed by atoms with Gasteiger partial charge in [0.1, 0.15) is 0 Å². The normalized spacial score (nSPS) is 22.8. The van der Waals surface area contributed by atoms with E-state index in [2.05, 4.69) is 258 Å². The summed E-state index contributed by atoms with van der Waals surface area (Å²) in [5.41, 5.74) is 25.7. The summed E-state index contributed by atoms with van der Waals surface area (Å²) in [6.07, 6.45) is 10.5. The molecule has 0 spiro atoms. The quantitative estimate of drug-likeness (QED) is 0.154. The third-order valence-electron chi connectivity index (χ3n) is 21.5. The predicted molar refractivity (Wildman–Crippen MR) is 343 cm³/mol. The molecule has 6 aliphatic rings. The van der Waals surface area contributed by atoms with Gasteiger partial charge in [-0.05, 0) is 182 Å². The topological polar surface area (TPSA) is 9.72 Å². The van der Waals surface area contributed by atoms with Gasteiger partial charge in [0.15, 0.2) is 0 Å². The van der Waals surface area contributed by atoms with E-state index in [1.807, 2.05) is 0 Å². The first-order chi connectivity index (χ1) is 37.1. The maximum atomic E-state index is 2.87. The molecule has 0 N–H and O–H groups in total. The fourth-order valence-electron chi connectivity index (χ4n) is 16.1. The lowest BCUT2D eigenvalue weighted by atomic mass is 9.35. The number of nitrogens with zero attached hydrogens (tertiary/aromatic N) is 3. The number of benzene rings is 6. The summed E-state index contributed by atoms with van der Waals surface area (Å²) in [4.78, 5) is 10.1. The third kappa shape index (κ3) is 7.90. The Bertz CT molecular complexity index is 3600. The average molecular weight is 1060 g/mol. The van der Waals surface area contributed by atoms with Gasteiger partial charge in [0.25, 0.3) is 6.71 Å². The molecule has 13 rings (SSSR count). The van der Waals surface area contributed by atoms with Crippen molar-refractivity contribution < 1.29 is 0 Å². The van der Waals surface area contributed by atoms with Crippen LogP contribution in [0.25, 0.3) is 11.1 Å². The van der Waals surface area contributed by atoms with E-state index in [4.69, 9.17) is 0 Å². The van der Waals surface area contributed by atoms with Crippen LogP contribution in [0.5, 0.6) is 0 Å². The standard InChI is InChI=1S/C74H88BN3S/c1-67(2,3)49-30-32-51(33-31-49)77-61-44-52(78-58-27-21-20-26-54(58)73(15)35-22-23-36-74(73,78)16)43-60-63(61)75(66-64(77)62-65(79-66)72(13,14)40-39-71(62,11)12)57-45-55-56(70(9,10)38-37-69(55,7)8)46-59(57)76(60)41-34-48-28-29-50(68(4,5)6)42-53(48)47-24-18-17-19-25-47/h17-21,24-33,42-46H,22-23,34-41H2,1-16H3. The molecule has 3 aliphatic heterocycles. The average Bonchev–Trinajstić information content (AvgIpc) is 2.64. The predicted octanol–water partition coefficient (Wildman–Crippen LogP) is 18.4.